The lowest BCUT2D eigenvalue weighted by Crippen LogP contribution is -2.24. The Labute approximate surface area is 148 Å². The van der Waals surface area contributed by atoms with Crippen molar-refractivity contribution < 1.29 is 0 Å². The lowest BCUT2D eigenvalue weighted by atomic mass is 9.73. The topological polar surface area (TPSA) is 12.4 Å². The fourth-order valence-electron chi connectivity index (χ4n) is 3.04. The quantitative estimate of drug-likeness (QED) is 0.279. The highest BCUT2D eigenvalue weighted by Crippen LogP contribution is 2.36. The number of hydrogen-bond acceptors (Lipinski definition) is 1. The molecule has 1 heteroatoms. The molecule has 24 heavy (non-hydrogen) atoms. The van der Waals surface area contributed by atoms with Crippen molar-refractivity contribution in [2.24, 2.45) is 4.99 Å². The molecule has 0 spiro atoms. The third-order valence-electron chi connectivity index (χ3n) is 4.90. The molecule has 0 heterocycles. The van der Waals surface area contributed by atoms with E-state index in [1.165, 1.54) is 22.3 Å². The lowest BCUT2D eigenvalue weighted by molar-refractivity contribution is 0.572. The molecule has 1 unspecified atom stereocenters. The fraction of sp³-hybridized carbons (Fsp3) is 0.435. The predicted octanol–water partition coefficient (Wildman–Crippen LogP) is 6.51. The Kier molecular flexibility index (Phi) is 7.41. The fourth-order valence-corrected chi connectivity index (χ4v) is 3.04. The van der Waals surface area contributed by atoms with Gasteiger partial charge in [0, 0.05) is 5.41 Å². The zero-order valence-electron chi connectivity index (χ0n) is 16.2. The van der Waals surface area contributed by atoms with Crippen LogP contribution in [-0.4, -0.2) is 12.8 Å². The maximum atomic E-state index is 4.41. The van der Waals surface area contributed by atoms with Crippen LogP contribution in [0.5, 0.6) is 0 Å². The number of aryl methyl sites for hydroxylation is 2. The summed E-state index contributed by atoms with van der Waals surface area (Å²) in [5, 5.41) is 0. The summed E-state index contributed by atoms with van der Waals surface area (Å²) in [7, 11) is 0. The SMILES string of the molecule is C=C/C(=C\CCC)C(CC(=C)C(C)(C)c1cc(C)ccc1C)N=C. The minimum atomic E-state index is -0.101. The van der Waals surface area contributed by atoms with Gasteiger partial charge in [0.1, 0.15) is 0 Å². The van der Waals surface area contributed by atoms with E-state index >= 15 is 0 Å². The largest absolute Gasteiger partial charge is 0.293 e. The van der Waals surface area contributed by atoms with Gasteiger partial charge in [-0.3, -0.25) is 4.99 Å². The molecular weight excluding hydrogens is 290 g/mol. The molecule has 0 saturated heterocycles. The molecule has 130 valence electrons. The molecule has 1 rings (SSSR count). The summed E-state index contributed by atoms with van der Waals surface area (Å²) < 4.78 is 0. The average molecular weight is 324 g/mol. The van der Waals surface area contributed by atoms with Gasteiger partial charge in [-0.1, -0.05) is 81.8 Å². The van der Waals surface area contributed by atoms with Crippen molar-refractivity contribution in [1.29, 1.82) is 0 Å². The molecular formula is C23H33N. The van der Waals surface area contributed by atoms with Crippen molar-refractivity contribution in [2.75, 3.05) is 0 Å². The molecule has 0 amide bonds. The van der Waals surface area contributed by atoms with E-state index in [0.29, 0.717) is 0 Å². The van der Waals surface area contributed by atoms with Gasteiger partial charge in [0.2, 0.25) is 0 Å². The second kappa shape index (κ2) is 8.82. The first kappa shape index (κ1) is 20.2. The van der Waals surface area contributed by atoms with Crippen molar-refractivity contribution in [2.45, 2.75) is 65.3 Å². The molecule has 0 aliphatic rings. The number of benzene rings is 1. The van der Waals surface area contributed by atoms with Crippen LogP contribution in [0.1, 0.15) is 56.7 Å². The molecule has 0 aliphatic carbocycles. The number of allylic oxidation sites excluding steroid dienone is 1. The van der Waals surface area contributed by atoms with E-state index in [1.54, 1.807) is 0 Å². The van der Waals surface area contributed by atoms with Crippen molar-refractivity contribution in [3.63, 3.8) is 0 Å². The van der Waals surface area contributed by atoms with E-state index in [-0.39, 0.29) is 11.5 Å². The molecule has 1 aromatic carbocycles. The van der Waals surface area contributed by atoms with Crippen LogP contribution in [0.4, 0.5) is 0 Å². The summed E-state index contributed by atoms with van der Waals surface area (Å²) in [6, 6.07) is 6.66. The molecule has 1 nitrogen and oxygen atoms in total. The highest BCUT2D eigenvalue weighted by atomic mass is 14.7. The Balaban J connectivity index is 3.08. The third-order valence-corrected chi connectivity index (χ3v) is 4.90. The molecule has 0 radical (unpaired) electrons. The van der Waals surface area contributed by atoms with Gasteiger partial charge in [-0.05, 0) is 50.1 Å². The highest BCUT2D eigenvalue weighted by Gasteiger charge is 2.28. The van der Waals surface area contributed by atoms with Crippen LogP contribution in [-0.2, 0) is 5.41 Å². The van der Waals surface area contributed by atoms with Gasteiger partial charge in [-0.25, -0.2) is 0 Å². The normalized spacial score (nSPS) is 13.5. The van der Waals surface area contributed by atoms with Crippen molar-refractivity contribution in [1.82, 2.24) is 0 Å². The van der Waals surface area contributed by atoms with Crippen molar-refractivity contribution in [3.05, 3.63) is 71.3 Å². The highest BCUT2D eigenvalue weighted by molar-refractivity contribution is 5.42. The summed E-state index contributed by atoms with van der Waals surface area (Å²) in [5.74, 6) is 0. The van der Waals surface area contributed by atoms with Gasteiger partial charge in [-0.2, -0.15) is 0 Å². The zero-order chi connectivity index (χ0) is 18.3. The number of hydrogen-bond donors (Lipinski definition) is 0. The second-order valence-corrected chi connectivity index (χ2v) is 7.15. The molecule has 0 N–H and O–H groups in total. The summed E-state index contributed by atoms with van der Waals surface area (Å²) in [5.41, 5.74) is 6.16. The average Bonchev–Trinajstić information content (AvgIpc) is 2.55. The number of aliphatic imine (C=N–C) groups is 1. The molecule has 0 bridgehead atoms. The minimum Gasteiger partial charge on any atom is -0.293 e. The maximum absolute atomic E-state index is 4.41. The summed E-state index contributed by atoms with van der Waals surface area (Å²) in [4.78, 5) is 4.35. The van der Waals surface area contributed by atoms with Gasteiger partial charge in [-0.15, -0.1) is 0 Å². The molecule has 1 atom stereocenters. The van der Waals surface area contributed by atoms with E-state index in [2.05, 4.69) is 83.8 Å². The number of nitrogens with zero attached hydrogens (tertiary/aromatic N) is 1. The van der Waals surface area contributed by atoms with Crippen LogP contribution < -0.4 is 0 Å². The Hall–Kier alpha value is -1.89. The number of rotatable bonds is 9. The van der Waals surface area contributed by atoms with E-state index in [0.717, 1.165) is 24.8 Å². The van der Waals surface area contributed by atoms with E-state index in [4.69, 9.17) is 0 Å². The maximum Gasteiger partial charge on any atom is 0.0775 e. The predicted molar refractivity (Wildman–Crippen MR) is 109 cm³/mol. The third kappa shape index (κ3) is 4.80. The second-order valence-electron chi connectivity index (χ2n) is 7.15. The summed E-state index contributed by atoms with van der Waals surface area (Å²) in [6.07, 6.45) is 7.10. The molecule has 1 aromatic rings. The molecule has 0 aromatic heterocycles. The Morgan fingerprint density at radius 1 is 1.29 bits per heavy atom. The Morgan fingerprint density at radius 2 is 1.96 bits per heavy atom. The summed E-state index contributed by atoms with van der Waals surface area (Å²) in [6.45, 7) is 23.1. The van der Waals surface area contributed by atoms with Crippen LogP contribution >= 0.6 is 0 Å². The van der Waals surface area contributed by atoms with Gasteiger partial charge in [0.15, 0.2) is 0 Å². The zero-order valence-corrected chi connectivity index (χ0v) is 16.2. The number of unbranched alkanes of at least 4 members (excludes halogenated alkanes) is 1. The van der Waals surface area contributed by atoms with Crippen molar-refractivity contribution in [3.8, 4) is 0 Å². The van der Waals surface area contributed by atoms with Crippen LogP contribution in [0.15, 0.2) is 59.6 Å². The molecule has 0 saturated carbocycles. The first-order valence-electron chi connectivity index (χ1n) is 8.82. The van der Waals surface area contributed by atoms with Gasteiger partial charge in [0.25, 0.3) is 0 Å². The molecule has 0 aliphatic heterocycles. The monoisotopic (exact) mass is 323 g/mol. The van der Waals surface area contributed by atoms with Gasteiger partial charge >= 0.3 is 0 Å². The summed E-state index contributed by atoms with van der Waals surface area (Å²) >= 11 is 0. The smallest absolute Gasteiger partial charge is 0.0775 e. The van der Waals surface area contributed by atoms with E-state index < -0.39 is 0 Å². The van der Waals surface area contributed by atoms with Gasteiger partial charge < -0.3 is 0 Å². The van der Waals surface area contributed by atoms with Crippen LogP contribution in [0.2, 0.25) is 0 Å². The van der Waals surface area contributed by atoms with Crippen LogP contribution in [0.3, 0.4) is 0 Å². The van der Waals surface area contributed by atoms with Gasteiger partial charge in [0.05, 0.1) is 6.04 Å². The Bertz CT molecular complexity index is 631. The first-order chi connectivity index (χ1) is 11.3. The van der Waals surface area contributed by atoms with Crippen LogP contribution in [0, 0.1) is 13.8 Å². The van der Waals surface area contributed by atoms with E-state index in [1.807, 2.05) is 6.08 Å². The first-order valence-corrected chi connectivity index (χ1v) is 8.82. The Morgan fingerprint density at radius 3 is 2.50 bits per heavy atom. The standard InChI is InChI=1S/C23H33N/c1-9-11-12-20(10-2)22(24-8)16-19(5)23(6,7)21-15-17(3)13-14-18(21)4/h10,12-15,22H,2,5,8-9,11,16H2,1,3-4,6-7H3/b20-12+. The van der Waals surface area contributed by atoms with Crippen LogP contribution in [0.25, 0.3) is 0 Å². The molecule has 0 fully saturated rings. The van der Waals surface area contributed by atoms with E-state index in [9.17, 15) is 0 Å². The van der Waals surface area contributed by atoms with Crippen molar-refractivity contribution >= 4 is 6.72 Å². The lowest BCUT2D eigenvalue weighted by Gasteiger charge is -2.32. The minimum absolute atomic E-state index is 0.0333.